The lowest BCUT2D eigenvalue weighted by atomic mass is 9.94. The van der Waals surface area contributed by atoms with Gasteiger partial charge >= 0.3 is 5.97 Å². The largest absolute Gasteiger partial charge is 0.452 e. The van der Waals surface area contributed by atoms with Crippen LogP contribution in [0.1, 0.15) is 39.0 Å². The molecule has 8 heteroatoms. The SMILES string of the molecule is C[C@@H](OC(=O)CSCC(=O)Nc1ccc(Cl)cc1)C(=O)N(C)C1CCCCC1. The summed E-state index contributed by atoms with van der Waals surface area (Å²) in [7, 11) is 1.78. The van der Waals surface area contributed by atoms with Crippen LogP contribution in [0, 0.1) is 0 Å². The highest BCUT2D eigenvalue weighted by Gasteiger charge is 2.27. The maximum absolute atomic E-state index is 12.5. The van der Waals surface area contributed by atoms with E-state index in [1.807, 2.05) is 0 Å². The first-order valence-electron chi connectivity index (χ1n) is 9.46. The molecule has 1 aromatic rings. The van der Waals surface area contributed by atoms with Crippen LogP contribution in [-0.2, 0) is 19.1 Å². The molecule has 0 saturated heterocycles. The van der Waals surface area contributed by atoms with Crippen molar-refractivity contribution in [3.63, 3.8) is 0 Å². The Kier molecular flexibility index (Phi) is 9.12. The molecular weight excluding hydrogens is 400 g/mol. The number of likely N-dealkylation sites (N-methyl/N-ethyl adjacent to an activating group) is 1. The van der Waals surface area contributed by atoms with Crippen LogP contribution < -0.4 is 5.32 Å². The van der Waals surface area contributed by atoms with Gasteiger partial charge in [-0.15, -0.1) is 11.8 Å². The van der Waals surface area contributed by atoms with E-state index in [0.717, 1.165) is 37.4 Å². The zero-order chi connectivity index (χ0) is 20.5. The summed E-state index contributed by atoms with van der Waals surface area (Å²) >= 11 is 6.94. The number of benzene rings is 1. The summed E-state index contributed by atoms with van der Waals surface area (Å²) in [6.07, 6.45) is 4.66. The average molecular weight is 427 g/mol. The Morgan fingerprint density at radius 1 is 1.18 bits per heavy atom. The number of carbonyl (C=O) groups excluding carboxylic acids is 3. The number of esters is 1. The maximum atomic E-state index is 12.5. The molecule has 2 amide bonds. The van der Waals surface area contributed by atoms with Crippen LogP contribution in [0.2, 0.25) is 5.02 Å². The number of ether oxygens (including phenoxy) is 1. The van der Waals surface area contributed by atoms with Crippen molar-refractivity contribution in [1.82, 2.24) is 4.90 Å². The number of hydrogen-bond acceptors (Lipinski definition) is 5. The molecule has 1 atom stereocenters. The maximum Gasteiger partial charge on any atom is 0.316 e. The van der Waals surface area contributed by atoms with E-state index in [1.165, 1.54) is 6.42 Å². The second-order valence-corrected chi connectivity index (χ2v) is 8.34. The number of carbonyl (C=O) groups is 3. The van der Waals surface area contributed by atoms with Gasteiger partial charge in [0, 0.05) is 23.8 Å². The Balaban J connectivity index is 1.67. The fourth-order valence-electron chi connectivity index (χ4n) is 3.17. The van der Waals surface area contributed by atoms with Gasteiger partial charge in [-0.05, 0) is 44.0 Å². The molecule has 2 rings (SSSR count). The Hall–Kier alpha value is -1.73. The molecule has 0 bridgehead atoms. The van der Waals surface area contributed by atoms with E-state index in [0.29, 0.717) is 10.7 Å². The minimum atomic E-state index is -0.817. The molecule has 0 heterocycles. The Morgan fingerprint density at radius 2 is 1.82 bits per heavy atom. The van der Waals surface area contributed by atoms with Crippen LogP contribution in [0.4, 0.5) is 5.69 Å². The predicted molar refractivity (Wildman–Crippen MR) is 113 cm³/mol. The van der Waals surface area contributed by atoms with Crippen molar-refractivity contribution < 1.29 is 19.1 Å². The molecule has 1 aliphatic rings. The molecule has 0 aromatic heterocycles. The summed E-state index contributed by atoms with van der Waals surface area (Å²) in [5.41, 5.74) is 0.641. The van der Waals surface area contributed by atoms with Crippen molar-refractivity contribution in [1.29, 1.82) is 0 Å². The van der Waals surface area contributed by atoms with Crippen LogP contribution in [0.3, 0.4) is 0 Å². The van der Waals surface area contributed by atoms with E-state index < -0.39 is 12.1 Å². The molecule has 1 N–H and O–H groups in total. The number of amides is 2. The molecule has 0 spiro atoms. The van der Waals surface area contributed by atoms with E-state index in [2.05, 4.69) is 5.32 Å². The number of anilines is 1. The van der Waals surface area contributed by atoms with Crippen molar-refractivity contribution in [2.75, 3.05) is 23.9 Å². The summed E-state index contributed by atoms with van der Waals surface area (Å²) in [6, 6.07) is 7.01. The highest BCUT2D eigenvalue weighted by Crippen LogP contribution is 2.22. The second-order valence-electron chi connectivity index (χ2n) is 6.92. The molecule has 0 aliphatic heterocycles. The lowest BCUT2D eigenvalue weighted by molar-refractivity contribution is -0.157. The van der Waals surface area contributed by atoms with E-state index in [9.17, 15) is 14.4 Å². The standard InChI is InChI=1S/C20H27ClN2O4S/c1-14(20(26)23(2)17-6-4-3-5-7-17)27-19(25)13-28-12-18(24)22-16-10-8-15(21)9-11-16/h8-11,14,17H,3-7,12-13H2,1-2H3,(H,22,24)/t14-/m1/s1. The first-order valence-corrected chi connectivity index (χ1v) is 11.0. The molecule has 1 aliphatic carbocycles. The Morgan fingerprint density at radius 3 is 2.46 bits per heavy atom. The minimum absolute atomic E-state index is 0.0127. The van der Waals surface area contributed by atoms with E-state index in [1.54, 1.807) is 43.1 Å². The lowest BCUT2D eigenvalue weighted by Gasteiger charge is -2.32. The van der Waals surface area contributed by atoms with Crippen LogP contribution in [0.5, 0.6) is 0 Å². The molecule has 6 nitrogen and oxygen atoms in total. The predicted octanol–water partition coefficient (Wildman–Crippen LogP) is 3.73. The Labute approximate surface area is 175 Å². The summed E-state index contributed by atoms with van der Waals surface area (Å²) in [5, 5.41) is 3.31. The van der Waals surface area contributed by atoms with Gasteiger partial charge in [-0.2, -0.15) is 0 Å². The van der Waals surface area contributed by atoms with Gasteiger partial charge in [0.25, 0.3) is 5.91 Å². The first-order chi connectivity index (χ1) is 13.4. The molecular formula is C20H27ClN2O4S. The molecule has 1 fully saturated rings. The molecule has 28 heavy (non-hydrogen) atoms. The van der Waals surface area contributed by atoms with Crippen LogP contribution in [0.25, 0.3) is 0 Å². The first kappa shape index (κ1) is 22.6. The third-order valence-electron chi connectivity index (χ3n) is 4.71. The fraction of sp³-hybridized carbons (Fsp3) is 0.550. The summed E-state index contributed by atoms with van der Waals surface area (Å²) < 4.78 is 5.24. The molecule has 1 saturated carbocycles. The van der Waals surface area contributed by atoms with Gasteiger partial charge in [-0.25, -0.2) is 0 Å². The third-order valence-corrected chi connectivity index (χ3v) is 5.87. The van der Waals surface area contributed by atoms with E-state index >= 15 is 0 Å². The van der Waals surface area contributed by atoms with Crippen LogP contribution in [-0.4, -0.2) is 53.4 Å². The van der Waals surface area contributed by atoms with Gasteiger partial charge in [0.1, 0.15) is 0 Å². The number of hydrogen-bond donors (Lipinski definition) is 1. The van der Waals surface area contributed by atoms with E-state index in [4.69, 9.17) is 16.3 Å². The zero-order valence-electron chi connectivity index (χ0n) is 16.3. The van der Waals surface area contributed by atoms with Gasteiger partial charge in [0.2, 0.25) is 5.91 Å². The number of nitrogens with one attached hydrogen (secondary N) is 1. The quantitative estimate of drug-likeness (QED) is 0.641. The molecule has 0 unspecified atom stereocenters. The van der Waals surface area contributed by atoms with Crippen molar-refractivity contribution >= 4 is 46.8 Å². The highest BCUT2D eigenvalue weighted by molar-refractivity contribution is 8.00. The topological polar surface area (TPSA) is 75.7 Å². The number of halogens is 1. The van der Waals surface area contributed by atoms with Gasteiger partial charge in [0.05, 0.1) is 11.5 Å². The smallest absolute Gasteiger partial charge is 0.316 e. The average Bonchev–Trinajstić information content (AvgIpc) is 2.69. The van der Waals surface area contributed by atoms with Gasteiger partial charge in [-0.1, -0.05) is 30.9 Å². The van der Waals surface area contributed by atoms with Crippen LogP contribution >= 0.6 is 23.4 Å². The number of nitrogens with zero attached hydrogens (tertiary/aromatic N) is 1. The monoisotopic (exact) mass is 426 g/mol. The lowest BCUT2D eigenvalue weighted by Crippen LogP contribution is -2.44. The van der Waals surface area contributed by atoms with Gasteiger partial charge in [-0.3, -0.25) is 14.4 Å². The highest BCUT2D eigenvalue weighted by atomic mass is 35.5. The fourth-order valence-corrected chi connectivity index (χ4v) is 3.89. The van der Waals surface area contributed by atoms with E-state index in [-0.39, 0.29) is 29.4 Å². The molecule has 154 valence electrons. The number of thioether (sulfide) groups is 1. The zero-order valence-corrected chi connectivity index (χ0v) is 17.9. The molecule has 1 aromatic carbocycles. The second kappa shape index (κ2) is 11.3. The van der Waals surface area contributed by atoms with Crippen LogP contribution in [0.15, 0.2) is 24.3 Å². The number of rotatable bonds is 8. The summed E-state index contributed by atoms with van der Waals surface area (Å²) in [6.45, 7) is 1.59. The Bertz CT molecular complexity index is 677. The van der Waals surface area contributed by atoms with Crippen molar-refractivity contribution in [3.8, 4) is 0 Å². The van der Waals surface area contributed by atoms with Crippen molar-refractivity contribution in [3.05, 3.63) is 29.3 Å². The van der Waals surface area contributed by atoms with Gasteiger partial charge < -0.3 is 15.0 Å². The molecule has 0 radical (unpaired) electrons. The minimum Gasteiger partial charge on any atom is -0.452 e. The van der Waals surface area contributed by atoms with Gasteiger partial charge in [0.15, 0.2) is 6.10 Å². The summed E-state index contributed by atoms with van der Waals surface area (Å²) in [5.74, 6) is -0.768. The third kappa shape index (κ3) is 7.36. The van der Waals surface area contributed by atoms with Crippen molar-refractivity contribution in [2.45, 2.75) is 51.2 Å². The normalized spacial score (nSPS) is 15.5. The summed E-state index contributed by atoms with van der Waals surface area (Å²) in [4.78, 5) is 38.0. The van der Waals surface area contributed by atoms with Crippen molar-refractivity contribution in [2.24, 2.45) is 0 Å².